The molecular formula is C18H20Cl2N4O3. The van der Waals surface area contributed by atoms with Gasteiger partial charge in [-0.15, -0.1) is 0 Å². The van der Waals surface area contributed by atoms with Crippen molar-refractivity contribution in [1.29, 1.82) is 0 Å². The number of benzene rings is 1. The number of imidazole rings is 1. The molecule has 0 aliphatic carbocycles. The molecular weight excluding hydrogens is 391 g/mol. The monoisotopic (exact) mass is 410 g/mol. The van der Waals surface area contributed by atoms with Gasteiger partial charge in [0.25, 0.3) is 11.6 Å². The lowest BCUT2D eigenvalue weighted by Gasteiger charge is -2.17. The van der Waals surface area contributed by atoms with E-state index in [1.807, 2.05) is 13.8 Å². The van der Waals surface area contributed by atoms with Crippen molar-refractivity contribution in [1.82, 2.24) is 18.7 Å². The van der Waals surface area contributed by atoms with Gasteiger partial charge in [0.05, 0.1) is 17.8 Å². The molecule has 0 N–H and O–H groups in total. The summed E-state index contributed by atoms with van der Waals surface area (Å²) in [7, 11) is 2.92. The normalized spacial score (nSPS) is 11.5. The van der Waals surface area contributed by atoms with Crippen molar-refractivity contribution in [2.24, 2.45) is 7.05 Å². The van der Waals surface area contributed by atoms with Crippen molar-refractivity contribution in [2.45, 2.75) is 32.7 Å². The van der Waals surface area contributed by atoms with Crippen LogP contribution in [0.3, 0.4) is 0 Å². The van der Waals surface area contributed by atoms with Crippen LogP contribution in [-0.4, -0.2) is 25.8 Å². The molecule has 0 amide bonds. The van der Waals surface area contributed by atoms with Crippen molar-refractivity contribution < 1.29 is 4.74 Å². The first-order chi connectivity index (χ1) is 12.8. The van der Waals surface area contributed by atoms with Gasteiger partial charge < -0.3 is 4.74 Å². The molecule has 0 bridgehead atoms. The van der Waals surface area contributed by atoms with Gasteiger partial charge in [0.2, 0.25) is 0 Å². The Bertz CT molecular complexity index is 1130. The Balaban J connectivity index is 2.53. The fourth-order valence-corrected chi connectivity index (χ4v) is 3.75. The van der Waals surface area contributed by atoms with Crippen molar-refractivity contribution in [3.63, 3.8) is 0 Å². The highest BCUT2D eigenvalue weighted by Gasteiger charge is 2.25. The van der Waals surface area contributed by atoms with Crippen LogP contribution in [0, 0.1) is 0 Å². The number of methoxy groups -OCH3 is 1. The van der Waals surface area contributed by atoms with Crippen LogP contribution < -0.4 is 16.0 Å². The molecule has 27 heavy (non-hydrogen) atoms. The molecule has 1 aromatic carbocycles. The van der Waals surface area contributed by atoms with Crippen LogP contribution in [0.5, 0.6) is 6.01 Å². The molecule has 0 saturated carbocycles. The maximum absolute atomic E-state index is 12.9. The van der Waals surface area contributed by atoms with Crippen LogP contribution in [0.4, 0.5) is 0 Å². The Morgan fingerprint density at radius 1 is 1.19 bits per heavy atom. The molecule has 0 spiro atoms. The van der Waals surface area contributed by atoms with E-state index in [2.05, 4.69) is 4.98 Å². The predicted molar refractivity (Wildman–Crippen MR) is 107 cm³/mol. The number of fused-ring (bicyclic) bond motifs is 1. The molecule has 0 aliphatic heterocycles. The fraction of sp³-hybridized carbons (Fsp3) is 0.389. The van der Waals surface area contributed by atoms with Gasteiger partial charge in [0.1, 0.15) is 0 Å². The molecule has 2 heterocycles. The Kier molecular flexibility index (Phi) is 5.35. The van der Waals surface area contributed by atoms with Gasteiger partial charge in [-0.05, 0) is 31.0 Å². The Morgan fingerprint density at radius 3 is 2.41 bits per heavy atom. The predicted octanol–water partition coefficient (Wildman–Crippen LogP) is 3.56. The molecule has 3 rings (SSSR count). The van der Waals surface area contributed by atoms with Crippen LogP contribution in [0.25, 0.3) is 16.9 Å². The topological polar surface area (TPSA) is 71.1 Å². The number of aromatic nitrogens is 4. The lowest BCUT2D eigenvalue weighted by atomic mass is 10.1. The zero-order valence-electron chi connectivity index (χ0n) is 15.5. The van der Waals surface area contributed by atoms with Gasteiger partial charge in [-0.2, -0.15) is 4.98 Å². The number of hydrogen-bond donors (Lipinski definition) is 0. The van der Waals surface area contributed by atoms with Gasteiger partial charge in [-0.25, -0.2) is 9.36 Å². The van der Waals surface area contributed by atoms with Crippen molar-refractivity contribution >= 4 is 34.4 Å². The molecule has 0 fully saturated rings. The summed E-state index contributed by atoms with van der Waals surface area (Å²) in [4.78, 5) is 30.3. The SMILES string of the molecule is CCC(CC)n1c(OC)nc2c1c(=O)n(C)c(=O)n2-c1ccc(Cl)cc1Cl. The fourth-order valence-electron chi connectivity index (χ4n) is 3.26. The lowest BCUT2D eigenvalue weighted by Crippen LogP contribution is -2.38. The van der Waals surface area contributed by atoms with E-state index in [1.54, 1.807) is 16.7 Å². The molecule has 0 unspecified atom stereocenters. The van der Waals surface area contributed by atoms with Crippen LogP contribution in [0.1, 0.15) is 32.7 Å². The summed E-state index contributed by atoms with van der Waals surface area (Å²) < 4.78 is 9.55. The van der Waals surface area contributed by atoms with E-state index >= 15 is 0 Å². The third kappa shape index (κ3) is 3.04. The third-order valence-corrected chi connectivity index (χ3v) is 5.24. The number of nitrogens with zero attached hydrogens (tertiary/aromatic N) is 4. The molecule has 7 nitrogen and oxygen atoms in total. The second kappa shape index (κ2) is 7.40. The standard InChI is InChI=1S/C18H20Cl2N4O3/c1-5-11(6-2)23-14-15(21-17(23)27-4)24(18(26)22(3)16(14)25)13-8-7-10(19)9-12(13)20/h7-9,11H,5-6H2,1-4H3. The first-order valence-electron chi connectivity index (χ1n) is 8.59. The molecule has 144 valence electrons. The number of ether oxygens (including phenoxy) is 1. The van der Waals surface area contributed by atoms with Crippen LogP contribution in [-0.2, 0) is 7.05 Å². The van der Waals surface area contributed by atoms with Gasteiger partial charge in [0.15, 0.2) is 11.2 Å². The summed E-state index contributed by atoms with van der Waals surface area (Å²) in [5.41, 5.74) is -0.0825. The first kappa shape index (κ1) is 19.5. The van der Waals surface area contributed by atoms with E-state index in [4.69, 9.17) is 27.9 Å². The van der Waals surface area contributed by atoms with Crippen molar-refractivity contribution in [3.05, 3.63) is 49.1 Å². The smallest absolute Gasteiger partial charge is 0.337 e. The summed E-state index contributed by atoms with van der Waals surface area (Å²) in [6, 6.07) is 5.07. The Labute approximate surface area is 165 Å². The van der Waals surface area contributed by atoms with Gasteiger partial charge in [-0.3, -0.25) is 13.9 Å². The summed E-state index contributed by atoms with van der Waals surface area (Å²) in [6.45, 7) is 4.05. The minimum absolute atomic E-state index is 0.00397. The summed E-state index contributed by atoms with van der Waals surface area (Å²) in [5.74, 6) is 0. The molecule has 9 heteroatoms. The largest absolute Gasteiger partial charge is 0.468 e. The summed E-state index contributed by atoms with van der Waals surface area (Å²) in [6.07, 6.45) is 1.56. The number of hydrogen-bond acceptors (Lipinski definition) is 4. The highest BCUT2D eigenvalue weighted by atomic mass is 35.5. The molecule has 0 atom stereocenters. The molecule has 0 aliphatic rings. The van der Waals surface area contributed by atoms with Gasteiger partial charge in [-0.1, -0.05) is 37.0 Å². The minimum atomic E-state index is -0.548. The maximum Gasteiger partial charge on any atom is 0.337 e. The maximum atomic E-state index is 12.9. The quantitative estimate of drug-likeness (QED) is 0.644. The second-order valence-corrected chi connectivity index (χ2v) is 7.03. The van der Waals surface area contributed by atoms with Crippen LogP contribution in [0.15, 0.2) is 27.8 Å². The second-order valence-electron chi connectivity index (χ2n) is 6.19. The average molecular weight is 411 g/mol. The molecule has 0 radical (unpaired) electrons. The first-order valence-corrected chi connectivity index (χ1v) is 9.34. The zero-order chi connectivity index (χ0) is 19.9. The van der Waals surface area contributed by atoms with E-state index in [0.717, 1.165) is 17.4 Å². The third-order valence-electron chi connectivity index (χ3n) is 4.70. The van der Waals surface area contributed by atoms with Crippen molar-refractivity contribution in [3.8, 4) is 11.7 Å². The molecule has 3 aromatic rings. The van der Waals surface area contributed by atoms with E-state index in [9.17, 15) is 9.59 Å². The van der Waals surface area contributed by atoms with Crippen LogP contribution >= 0.6 is 23.2 Å². The highest BCUT2D eigenvalue weighted by Crippen LogP contribution is 2.30. The summed E-state index contributed by atoms with van der Waals surface area (Å²) >= 11 is 12.3. The zero-order valence-corrected chi connectivity index (χ0v) is 17.0. The van der Waals surface area contributed by atoms with Gasteiger partial charge in [0, 0.05) is 18.1 Å². The molecule has 0 saturated heterocycles. The Morgan fingerprint density at radius 2 is 1.85 bits per heavy atom. The lowest BCUT2D eigenvalue weighted by molar-refractivity contribution is 0.332. The van der Waals surface area contributed by atoms with E-state index in [0.29, 0.717) is 16.2 Å². The number of halogens is 2. The average Bonchev–Trinajstić information content (AvgIpc) is 3.02. The highest BCUT2D eigenvalue weighted by molar-refractivity contribution is 6.35. The van der Waals surface area contributed by atoms with Gasteiger partial charge >= 0.3 is 5.69 Å². The Hall–Kier alpha value is -2.25. The van der Waals surface area contributed by atoms with Crippen LogP contribution in [0.2, 0.25) is 10.0 Å². The summed E-state index contributed by atoms with van der Waals surface area (Å²) in [5, 5.41) is 0.721. The number of rotatable bonds is 5. The van der Waals surface area contributed by atoms with E-state index < -0.39 is 11.2 Å². The van der Waals surface area contributed by atoms with E-state index in [-0.39, 0.29) is 22.7 Å². The minimum Gasteiger partial charge on any atom is -0.468 e. The van der Waals surface area contributed by atoms with Crippen molar-refractivity contribution in [2.75, 3.05) is 7.11 Å². The molecule has 2 aromatic heterocycles. The van der Waals surface area contributed by atoms with E-state index in [1.165, 1.54) is 24.8 Å².